The summed E-state index contributed by atoms with van der Waals surface area (Å²) >= 11 is 0. The maximum absolute atomic E-state index is 12.4. The SMILES string of the molecule is CO[Si](CCCOC(=O)C(C)(C)CCC(C)N1CCCC1=O)(OC)OC. The molecule has 1 atom stereocenters. The largest absolute Gasteiger partial charge is 0.500 e. The molecule has 1 unspecified atom stereocenters. The van der Waals surface area contributed by atoms with Crippen LogP contribution in [0, 0.1) is 5.41 Å². The van der Waals surface area contributed by atoms with E-state index < -0.39 is 14.2 Å². The van der Waals surface area contributed by atoms with Crippen molar-refractivity contribution in [2.75, 3.05) is 34.5 Å². The van der Waals surface area contributed by atoms with Crippen molar-refractivity contribution in [3.63, 3.8) is 0 Å². The number of carbonyl (C=O) groups excluding carboxylic acids is 2. The van der Waals surface area contributed by atoms with Crippen molar-refractivity contribution in [1.82, 2.24) is 4.90 Å². The first-order valence-electron chi connectivity index (χ1n) is 9.33. The number of amides is 1. The first-order chi connectivity index (χ1) is 12.2. The van der Waals surface area contributed by atoms with Crippen LogP contribution in [0.3, 0.4) is 0 Å². The molecule has 7 nitrogen and oxygen atoms in total. The van der Waals surface area contributed by atoms with Crippen LogP contribution in [-0.4, -0.2) is 66.1 Å². The number of esters is 1. The van der Waals surface area contributed by atoms with Gasteiger partial charge in [0, 0.05) is 46.4 Å². The molecule has 1 rings (SSSR count). The van der Waals surface area contributed by atoms with Crippen LogP contribution in [0.1, 0.15) is 52.9 Å². The molecule has 152 valence electrons. The highest BCUT2D eigenvalue weighted by Gasteiger charge is 2.37. The van der Waals surface area contributed by atoms with E-state index >= 15 is 0 Å². The highest BCUT2D eigenvalue weighted by Crippen LogP contribution is 2.27. The van der Waals surface area contributed by atoms with Crippen LogP contribution in [-0.2, 0) is 27.6 Å². The van der Waals surface area contributed by atoms with Crippen LogP contribution in [0.4, 0.5) is 0 Å². The van der Waals surface area contributed by atoms with E-state index in [9.17, 15) is 9.59 Å². The number of likely N-dealkylation sites (tertiary alicyclic amines) is 1. The van der Waals surface area contributed by atoms with Gasteiger partial charge in [0.05, 0.1) is 12.0 Å². The monoisotopic (exact) mass is 389 g/mol. The molecule has 0 radical (unpaired) electrons. The van der Waals surface area contributed by atoms with Gasteiger partial charge in [-0.1, -0.05) is 0 Å². The first-order valence-corrected chi connectivity index (χ1v) is 11.3. The summed E-state index contributed by atoms with van der Waals surface area (Å²) in [5.74, 6) is 0.0110. The second-order valence-corrected chi connectivity index (χ2v) is 10.6. The fraction of sp³-hybridized carbons (Fsp3) is 0.889. The Morgan fingerprint density at radius 2 is 1.85 bits per heavy atom. The van der Waals surface area contributed by atoms with E-state index in [0.717, 1.165) is 19.4 Å². The van der Waals surface area contributed by atoms with Gasteiger partial charge in [0.2, 0.25) is 5.91 Å². The van der Waals surface area contributed by atoms with Gasteiger partial charge in [-0.15, -0.1) is 0 Å². The van der Waals surface area contributed by atoms with Crippen LogP contribution in [0.15, 0.2) is 0 Å². The van der Waals surface area contributed by atoms with Crippen LogP contribution < -0.4 is 0 Å². The van der Waals surface area contributed by atoms with Gasteiger partial charge < -0.3 is 22.9 Å². The Morgan fingerprint density at radius 3 is 2.35 bits per heavy atom. The van der Waals surface area contributed by atoms with Crippen molar-refractivity contribution in [1.29, 1.82) is 0 Å². The molecule has 1 amide bonds. The molecule has 0 N–H and O–H groups in total. The molecule has 26 heavy (non-hydrogen) atoms. The summed E-state index contributed by atoms with van der Waals surface area (Å²) in [6, 6.07) is 0.756. The minimum atomic E-state index is -2.62. The number of hydrogen-bond acceptors (Lipinski definition) is 6. The van der Waals surface area contributed by atoms with Crippen molar-refractivity contribution in [3.05, 3.63) is 0 Å². The van der Waals surface area contributed by atoms with Crippen molar-refractivity contribution in [2.45, 2.75) is 65.0 Å². The van der Waals surface area contributed by atoms with Crippen molar-refractivity contribution < 1.29 is 27.6 Å². The molecular formula is C18H35NO6Si. The van der Waals surface area contributed by atoms with Crippen LogP contribution in [0.2, 0.25) is 6.04 Å². The Hall–Kier alpha value is -0.963. The molecule has 1 aliphatic heterocycles. The van der Waals surface area contributed by atoms with E-state index in [2.05, 4.69) is 6.92 Å². The predicted molar refractivity (Wildman–Crippen MR) is 101 cm³/mol. The molecule has 8 heteroatoms. The maximum atomic E-state index is 12.4. The average Bonchev–Trinajstić information content (AvgIpc) is 3.06. The summed E-state index contributed by atoms with van der Waals surface area (Å²) in [7, 11) is 2.09. The van der Waals surface area contributed by atoms with Gasteiger partial charge in [0.15, 0.2) is 0 Å². The molecule has 0 aromatic rings. The summed E-state index contributed by atoms with van der Waals surface area (Å²) in [6.07, 6.45) is 3.68. The normalized spacial score (nSPS) is 16.8. The van der Waals surface area contributed by atoms with Crippen LogP contribution in [0.5, 0.6) is 0 Å². The standard InChI is InChI=1S/C18H35NO6Si/c1-15(19-12-7-9-16(19)20)10-11-18(2,3)17(21)25-13-8-14-26(22-4,23-5)24-6/h15H,7-14H2,1-6H3. The van der Waals surface area contributed by atoms with E-state index in [4.69, 9.17) is 18.0 Å². The summed E-state index contributed by atoms with van der Waals surface area (Å²) < 4.78 is 21.5. The number of rotatable bonds is 12. The third-order valence-electron chi connectivity index (χ3n) is 5.18. The van der Waals surface area contributed by atoms with Crippen molar-refractivity contribution >= 4 is 20.7 Å². The lowest BCUT2D eigenvalue weighted by molar-refractivity contribution is -0.154. The van der Waals surface area contributed by atoms with Gasteiger partial charge in [-0.05, 0) is 46.5 Å². The molecule has 1 heterocycles. The van der Waals surface area contributed by atoms with Gasteiger partial charge >= 0.3 is 14.8 Å². The van der Waals surface area contributed by atoms with Gasteiger partial charge in [0.25, 0.3) is 0 Å². The lowest BCUT2D eigenvalue weighted by atomic mass is 9.86. The van der Waals surface area contributed by atoms with Gasteiger partial charge in [-0.25, -0.2) is 0 Å². The van der Waals surface area contributed by atoms with E-state index in [0.29, 0.717) is 31.9 Å². The predicted octanol–water partition coefficient (Wildman–Crippen LogP) is 2.62. The zero-order valence-corrected chi connectivity index (χ0v) is 18.1. The number of ether oxygens (including phenoxy) is 1. The highest BCUT2D eigenvalue weighted by molar-refractivity contribution is 6.60. The molecule has 1 fully saturated rings. The van der Waals surface area contributed by atoms with Crippen LogP contribution >= 0.6 is 0 Å². The highest BCUT2D eigenvalue weighted by atomic mass is 28.4. The minimum absolute atomic E-state index is 0.161. The fourth-order valence-corrected chi connectivity index (χ4v) is 4.86. The second kappa shape index (κ2) is 10.4. The Bertz CT molecular complexity index is 458. The Morgan fingerprint density at radius 1 is 1.23 bits per heavy atom. The summed E-state index contributed by atoms with van der Waals surface area (Å²) in [4.78, 5) is 26.1. The Balaban J connectivity index is 2.36. The van der Waals surface area contributed by atoms with E-state index in [1.165, 1.54) is 0 Å². The molecule has 0 bridgehead atoms. The third-order valence-corrected chi connectivity index (χ3v) is 8.01. The Labute approximate surface area is 158 Å². The number of hydrogen-bond donors (Lipinski definition) is 0. The van der Waals surface area contributed by atoms with Crippen molar-refractivity contribution in [2.24, 2.45) is 5.41 Å². The minimum Gasteiger partial charge on any atom is -0.465 e. The molecule has 1 aliphatic rings. The second-order valence-electron chi connectivity index (χ2n) is 7.50. The van der Waals surface area contributed by atoms with Gasteiger partial charge in [0.1, 0.15) is 0 Å². The molecule has 0 aliphatic carbocycles. The summed E-state index contributed by atoms with van der Waals surface area (Å²) in [6.45, 7) is 6.98. The van der Waals surface area contributed by atoms with E-state index in [1.807, 2.05) is 18.7 Å². The molecule has 0 saturated carbocycles. The fourth-order valence-electron chi connectivity index (χ4n) is 3.17. The summed E-state index contributed by atoms with van der Waals surface area (Å²) in [5.41, 5.74) is -0.574. The zero-order valence-electron chi connectivity index (χ0n) is 17.1. The van der Waals surface area contributed by atoms with Gasteiger partial charge in [-0.2, -0.15) is 0 Å². The topological polar surface area (TPSA) is 74.3 Å². The third kappa shape index (κ3) is 6.33. The molecular weight excluding hydrogens is 354 g/mol. The Kier molecular flexibility index (Phi) is 9.22. The lowest BCUT2D eigenvalue weighted by Gasteiger charge is -2.29. The first kappa shape index (κ1) is 23.1. The molecule has 1 saturated heterocycles. The maximum Gasteiger partial charge on any atom is 0.500 e. The molecule has 0 spiro atoms. The van der Waals surface area contributed by atoms with E-state index in [-0.39, 0.29) is 17.9 Å². The smallest absolute Gasteiger partial charge is 0.465 e. The van der Waals surface area contributed by atoms with Gasteiger partial charge in [-0.3, -0.25) is 9.59 Å². The lowest BCUT2D eigenvalue weighted by Crippen LogP contribution is -2.42. The molecule has 0 aromatic carbocycles. The van der Waals surface area contributed by atoms with Crippen LogP contribution in [0.25, 0.3) is 0 Å². The number of carbonyl (C=O) groups is 2. The van der Waals surface area contributed by atoms with Crippen molar-refractivity contribution in [3.8, 4) is 0 Å². The molecule has 0 aromatic heterocycles. The zero-order chi connectivity index (χ0) is 19.8. The number of nitrogens with zero attached hydrogens (tertiary/aromatic N) is 1. The average molecular weight is 390 g/mol. The quantitative estimate of drug-likeness (QED) is 0.290. The summed E-state index contributed by atoms with van der Waals surface area (Å²) in [5, 5.41) is 0. The van der Waals surface area contributed by atoms with E-state index in [1.54, 1.807) is 21.3 Å².